The molecule has 18 heavy (non-hydrogen) atoms. The minimum absolute atomic E-state index is 0.511. The van der Waals surface area contributed by atoms with E-state index in [2.05, 4.69) is 0 Å². The summed E-state index contributed by atoms with van der Waals surface area (Å²) in [5.74, 6) is 1.68. The third kappa shape index (κ3) is 2.53. The largest absolute Gasteiger partial charge is 0.493 e. The van der Waals surface area contributed by atoms with Gasteiger partial charge in [0.05, 0.1) is 18.7 Å². The predicted molar refractivity (Wildman–Crippen MR) is 68.6 cm³/mol. The van der Waals surface area contributed by atoms with E-state index < -0.39 is 0 Å². The van der Waals surface area contributed by atoms with Crippen LogP contribution in [0.1, 0.15) is 5.56 Å². The number of nitriles is 1. The van der Waals surface area contributed by atoms with Crippen molar-refractivity contribution in [2.75, 3.05) is 12.8 Å². The molecule has 0 saturated heterocycles. The highest BCUT2D eigenvalue weighted by Gasteiger charge is 2.07. The molecule has 0 heterocycles. The van der Waals surface area contributed by atoms with Gasteiger partial charge in [0, 0.05) is 17.8 Å². The lowest BCUT2D eigenvalue weighted by Gasteiger charge is -2.10. The van der Waals surface area contributed by atoms with Crippen molar-refractivity contribution in [2.45, 2.75) is 0 Å². The number of anilines is 1. The molecule has 0 aliphatic rings. The molecular formula is C14H12N2O2. The van der Waals surface area contributed by atoms with Crippen molar-refractivity contribution >= 4 is 5.69 Å². The third-order valence-electron chi connectivity index (χ3n) is 2.38. The molecule has 0 saturated carbocycles. The summed E-state index contributed by atoms with van der Waals surface area (Å²) >= 11 is 0. The van der Waals surface area contributed by atoms with Gasteiger partial charge in [-0.1, -0.05) is 6.07 Å². The molecule has 2 rings (SSSR count). The molecule has 90 valence electrons. The van der Waals surface area contributed by atoms with E-state index in [9.17, 15) is 0 Å². The molecule has 0 unspecified atom stereocenters. The standard InChI is InChI=1S/C14H12N2O2/c1-17-14-7-10(9-15)5-6-13(14)18-12-4-2-3-11(16)8-12/h2-8H,16H2,1H3. The lowest BCUT2D eigenvalue weighted by molar-refractivity contribution is 0.379. The molecule has 0 radical (unpaired) electrons. The van der Waals surface area contributed by atoms with Gasteiger partial charge in [-0.15, -0.1) is 0 Å². The van der Waals surface area contributed by atoms with Crippen LogP contribution in [0.3, 0.4) is 0 Å². The smallest absolute Gasteiger partial charge is 0.169 e. The summed E-state index contributed by atoms with van der Waals surface area (Å²) in [7, 11) is 1.53. The minimum Gasteiger partial charge on any atom is -0.493 e. The number of nitrogens with zero attached hydrogens (tertiary/aromatic N) is 1. The molecule has 4 heteroatoms. The Hall–Kier alpha value is -2.67. The summed E-state index contributed by atoms with van der Waals surface area (Å²) in [5, 5.41) is 8.81. The number of hydrogen-bond acceptors (Lipinski definition) is 4. The Kier molecular flexibility index (Phi) is 3.35. The van der Waals surface area contributed by atoms with Crippen LogP contribution in [0, 0.1) is 11.3 Å². The second-order valence-electron chi connectivity index (χ2n) is 3.65. The topological polar surface area (TPSA) is 68.3 Å². The fraction of sp³-hybridized carbons (Fsp3) is 0.0714. The maximum atomic E-state index is 8.81. The minimum atomic E-state index is 0.511. The highest BCUT2D eigenvalue weighted by atomic mass is 16.5. The maximum absolute atomic E-state index is 8.81. The van der Waals surface area contributed by atoms with Crippen LogP contribution in [0.4, 0.5) is 5.69 Å². The van der Waals surface area contributed by atoms with Gasteiger partial charge in [-0.25, -0.2) is 0 Å². The van der Waals surface area contributed by atoms with Crippen molar-refractivity contribution in [3.63, 3.8) is 0 Å². The van der Waals surface area contributed by atoms with Gasteiger partial charge in [0.15, 0.2) is 11.5 Å². The zero-order chi connectivity index (χ0) is 13.0. The third-order valence-corrected chi connectivity index (χ3v) is 2.38. The fourth-order valence-electron chi connectivity index (χ4n) is 1.53. The molecule has 4 nitrogen and oxygen atoms in total. The van der Waals surface area contributed by atoms with Gasteiger partial charge < -0.3 is 15.2 Å². The van der Waals surface area contributed by atoms with Crippen LogP contribution >= 0.6 is 0 Å². The first kappa shape index (κ1) is 11.8. The lowest BCUT2D eigenvalue weighted by Crippen LogP contribution is -1.92. The van der Waals surface area contributed by atoms with Crippen molar-refractivity contribution in [1.29, 1.82) is 5.26 Å². The van der Waals surface area contributed by atoms with Gasteiger partial charge in [0.1, 0.15) is 5.75 Å². The number of benzene rings is 2. The van der Waals surface area contributed by atoms with Crippen LogP contribution in [0.2, 0.25) is 0 Å². The number of hydrogen-bond donors (Lipinski definition) is 1. The van der Waals surface area contributed by atoms with Crippen molar-refractivity contribution in [2.24, 2.45) is 0 Å². The molecule has 0 spiro atoms. The average Bonchev–Trinajstić information content (AvgIpc) is 2.39. The van der Waals surface area contributed by atoms with Gasteiger partial charge in [-0.3, -0.25) is 0 Å². The molecule has 0 aliphatic carbocycles. The molecule has 0 aliphatic heterocycles. The number of ether oxygens (including phenoxy) is 2. The summed E-state index contributed by atoms with van der Waals surface area (Å²) in [6.07, 6.45) is 0. The molecule has 0 aromatic heterocycles. The SMILES string of the molecule is COc1cc(C#N)ccc1Oc1cccc(N)c1. The second-order valence-corrected chi connectivity index (χ2v) is 3.65. The predicted octanol–water partition coefficient (Wildman–Crippen LogP) is 2.94. The molecule has 0 bridgehead atoms. The van der Waals surface area contributed by atoms with Gasteiger partial charge >= 0.3 is 0 Å². The van der Waals surface area contributed by atoms with Gasteiger partial charge in [-0.05, 0) is 24.3 Å². The normalized spacial score (nSPS) is 9.56. The van der Waals surface area contributed by atoms with Crippen LogP contribution in [-0.2, 0) is 0 Å². The van der Waals surface area contributed by atoms with Crippen LogP contribution in [0.5, 0.6) is 17.2 Å². The Balaban J connectivity index is 2.32. The number of rotatable bonds is 3. The number of nitrogens with two attached hydrogens (primary N) is 1. The number of nitrogen functional groups attached to an aromatic ring is 1. The van der Waals surface area contributed by atoms with E-state index in [1.807, 2.05) is 6.07 Å². The van der Waals surface area contributed by atoms with E-state index in [1.165, 1.54) is 7.11 Å². The number of methoxy groups -OCH3 is 1. The van der Waals surface area contributed by atoms with Crippen molar-refractivity contribution < 1.29 is 9.47 Å². The first-order valence-corrected chi connectivity index (χ1v) is 5.34. The van der Waals surface area contributed by atoms with E-state index in [0.29, 0.717) is 28.5 Å². The maximum Gasteiger partial charge on any atom is 0.169 e. The van der Waals surface area contributed by atoms with Crippen LogP contribution in [0.25, 0.3) is 0 Å². The Morgan fingerprint density at radius 1 is 1.11 bits per heavy atom. The molecule has 0 fully saturated rings. The molecular weight excluding hydrogens is 228 g/mol. The Morgan fingerprint density at radius 2 is 1.94 bits per heavy atom. The van der Waals surface area contributed by atoms with Crippen molar-refractivity contribution in [3.8, 4) is 23.3 Å². The highest BCUT2D eigenvalue weighted by Crippen LogP contribution is 2.32. The zero-order valence-corrected chi connectivity index (χ0v) is 9.88. The summed E-state index contributed by atoms with van der Waals surface area (Å²) in [6.45, 7) is 0. The second kappa shape index (κ2) is 5.11. The Labute approximate surface area is 105 Å². The summed E-state index contributed by atoms with van der Waals surface area (Å²) < 4.78 is 10.8. The molecule has 0 amide bonds. The van der Waals surface area contributed by atoms with Crippen molar-refractivity contribution in [3.05, 3.63) is 48.0 Å². The van der Waals surface area contributed by atoms with Crippen LogP contribution in [0.15, 0.2) is 42.5 Å². The van der Waals surface area contributed by atoms with E-state index in [0.717, 1.165) is 0 Å². The zero-order valence-electron chi connectivity index (χ0n) is 9.88. The first-order chi connectivity index (χ1) is 8.72. The molecule has 0 atom stereocenters. The first-order valence-electron chi connectivity index (χ1n) is 5.34. The molecule has 2 aromatic rings. The van der Waals surface area contributed by atoms with Gasteiger partial charge in [0.25, 0.3) is 0 Å². The Morgan fingerprint density at radius 3 is 2.61 bits per heavy atom. The average molecular weight is 240 g/mol. The van der Waals surface area contributed by atoms with Crippen LogP contribution in [-0.4, -0.2) is 7.11 Å². The Bertz CT molecular complexity index is 603. The summed E-state index contributed by atoms with van der Waals surface area (Å²) in [5.41, 5.74) is 6.82. The molecule has 2 N–H and O–H groups in total. The van der Waals surface area contributed by atoms with Crippen molar-refractivity contribution in [1.82, 2.24) is 0 Å². The summed E-state index contributed by atoms with van der Waals surface area (Å²) in [6, 6.07) is 14.1. The van der Waals surface area contributed by atoms with Crippen LogP contribution < -0.4 is 15.2 Å². The fourth-order valence-corrected chi connectivity index (χ4v) is 1.53. The van der Waals surface area contributed by atoms with E-state index >= 15 is 0 Å². The van der Waals surface area contributed by atoms with Gasteiger partial charge in [-0.2, -0.15) is 5.26 Å². The monoisotopic (exact) mass is 240 g/mol. The highest BCUT2D eigenvalue weighted by molar-refractivity contribution is 5.50. The summed E-state index contributed by atoms with van der Waals surface area (Å²) in [4.78, 5) is 0. The van der Waals surface area contributed by atoms with E-state index in [1.54, 1.807) is 42.5 Å². The quantitative estimate of drug-likeness (QED) is 0.837. The lowest BCUT2D eigenvalue weighted by atomic mass is 10.2. The van der Waals surface area contributed by atoms with E-state index in [-0.39, 0.29) is 0 Å². The van der Waals surface area contributed by atoms with Gasteiger partial charge in [0.2, 0.25) is 0 Å². The van der Waals surface area contributed by atoms with E-state index in [4.69, 9.17) is 20.5 Å². The molecule has 2 aromatic carbocycles.